The first kappa shape index (κ1) is 9.17. The Morgan fingerprint density at radius 1 is 1.56 bits per heavy atom. The standard InChI is InChI=1S/C5H11NO2.ClH/c6-5-3-8-2-4(5)1-7;/h4-5,7H,1-3,6H2;1H/t4-,5-;/m0./s1. The summed E-state index contributed by atoms with van der Waals surface area (Å²) in [6.45, 7) is 1.38. The third-order valence-electron chi connectivity index (χ3n) is 1.48. The molecule has 0 unspecified atom stereocenters. The molecule has 0 aromatic heterocycles. The molecule has 56 valence electrons. The Balaban J connectivity index is 0.000000640. The van der Waals surface area contributed by atoms with E-state index in [1.165, 1.54) is 0 Å². The summed E-state index contributed by atoms with van der Waals surface area (Å²) in [6.07, 6.45) is 0. The van der Waals surface area contributed by atoms with Crippen molar-refractivity contribution < 1.29 is 9.84 Å². The van der Waals surface area contributed by atoms with Gasteiger partial charge in [-0.1, -0.05) is 0 Å². The molecule has 0 aliphatic carbocycles. The van der Waals surface area contributed by atoms with Gasteiger partial charge in [0.15, 0.2) is 0 Å². The monoisotopic (exact) mass is 153 g/mol. The maximum Gasteiger partial charge on any atom is 0.0622 e. The summed E-state index contributed by atoms with van der Waals surface area (Å²) < 4.78 is 4.98. The Hall–Kier alpha value is 0.170. The minimum absolute atomic E-state index is 0. The van der Waals surface area contributed by atoms with Crippen molar-refractivity contribution in [2.24, 2.45) is 11.7 Å². The van der Waals surface area contributed by atoms with E-state index in [0.717, 1.165) is 0 Å². The van der Waals surface area contributed by atoms with Gasteiger partial charge in [0.25, 0.3) is 0 Å². The van der Waals surface area contributed by atoms with Crippen molar-refractivity contribution in [3.05, 3.63) is 0 Å². The molecule has 0 bridgehead atoms. The van der Waals surface area contributed by atoms with E-state index in [0.29, 0.717) is 13.2 Å². The van der Waals surface area contributed by atoms with Crippen LogP contribution in [0.1, 0.15) is 0 Å². The van der Waals surface area contributed by atoms with Gasteiger partial charge in [0.2, 0.25) is 0 Å². The topological polar surface area (TPSA) is 55.5 Å². The summed E-state index contributed by atoms with van der Waals surface area (Å²) in [5.41, 5.74) is 5.50. The number of ether oxygens (including phenoxy) is 1. The molecule has 1 fully saturated rings. The van der Waals surface area contributed by atoms with Gasteiger partial charge in [-0.3, -0.25) is 0 Å². The number of hydrogen-bond acceptors (Lipinski definition) is 3. The number of rotatable bonds is 1. The third-order valence-corrected chi connectivity index (χ3v) is 1.48. The smallest absolute Gasteiger partial charge is 0.0622 e. The Morgan fingerprint density at radius 3 is 2.44 bits per heavy atom. The quantitative estimate of drug-likeness (QED) is 0.528. The molecule has 1 saturated heterocycles. The van der Waals surface area contributed by atoms with Crippen LogP contribution in [0, 0.1) is 5.92 Å². The number of aliphatic hydroxyl groups is 1. The molecule has 0 saturated carbocycles. The van der Waals surface area contributed by atoms with Gasteiger partial charge < -0.3 is 15.6 Å². The fourth-order valence-corrected chi connectivity index (χ4v) is 0.803. The number of nitrogens with two attached hydrogens (primary N) is 1. The van der Waals surface area contributed by atoms with Crippen LogP contribution in [0.4, 0.5) is 0 Å². The maximum absolute atomic E-state index is 8.58. The lowest BCUT2D eigenvalue weighted by atomic mass is 10.1. The summed E-state index contributed by atoms with van der Waals surface area (Å²) in [4.78, 5) is 0. The highest BCUT2D eigenvalue weighted by Crippen LogP contribution is 2.09. The summed E-state index contributed by atoms with van der Waals surface area (Å²) >= 11 is 0. The highest BCUT2D eigenvalue weighted by molar-refractivity contribution is 5.85. The first-order chi connectivity index (χ1) is 3.84. The van der Waals surface area contributed by atoms with Crippen molar-refractivity contribution in [2.75, 3.05) is 19.8 Å². The minimum Gasteiger partial charge on any atom is -0.396 e. The Kier molecular flexibility index (Phi) is 4.14. The van der Waals surface area contributed by atoms with Gasteiger partial charge in [-0.15, -0.1) is 12.4 Å². The molecule has 2 atom stereocenters. The van der Waals surface area contributed by atoms with Gasteiger partial charge in [0.1, 0.15) is 0 Å². The average Bonchev–Trinajstić information content (AvgIpc) is 2.14. The highest BCUT2D eigenvalue weighted by atomic mass is 35.5. The number of aliphatic hydroxyl groups excluding tert-OH is 1. The van der Waals surface area contributed by atoms with Crippen LogP contribution < -0.4 is 5.73 Å². The van der Waals surface area contributed by atoms with Crippen LogP contribution in [0.15, 0.2) is 0 Å². The molecular formula is C5H12ClNO2. The van der Waals surface area contributed by atoms with E-state index in [4.69, 9.17) is 15.6 Å². The SMILES string of the molecule is Cl.N[C@H]1COC[C@@H]1CO. The molecule has 0 amide bonds. The van der Waals surface area contributed by atoms with E-state index in [2.05, 4.69) is 0 Å². The van der Waals surface area contributed by atoms with Crippen LogP contribution in [0.25, 0.3) is 0 Å². The molecule has 0 radical (unpaired) electrons. The predicted molar refractivity (Wildman–Crippen MR) is 36.6 cm³/mol. The van der Waals surface area contributed by atoms with Crippen molar-refractivity contribution in [3.8, 4) is 0 Å². The molecule has 0 aromatic carbocycles. The van der Waals surface area contributed by atoms with Crippen molar-refractivity contribution in [1.29, 1.82) is 0 Å². The average molecular weight is 154 g/mol. The first-order valence-corrected chi connectivity index (χ1v) is 2.78. The van der Waals surface area contributed by atoms with Crippen molar-refractivity contribution in [2.45, 2.75) is 6.04 Å². The zero-order valence-electron chi connectivity index (χ0n) is 5.12. The van der Waals surface area contributed by atoms with Gasteiger partial charge >= 0.3 is 0 Å². The summed E-state index contributed by atoms with van der Waals surface area (Å²) in [6, 6.07) is 0.0556. The maximum atomic E-state index is 8.58. The molecular weight excluding hydrogens is 142 g/mol. The van der Waals surface area contributed by atoms with Crippen LogP contribution in [0.2, 0.25) is 0 Å². The molecule has 1 aliphatic heterocycles. The molecule has 4 heteroatoms. The second-order valence-electron chi connectivity index (χ2n) is 2.14. The van der Waals surface area contributed by atoms with E-state index in [1.54, 1.807) is 0 Å². The predicted octanol–water partition coefficient (Wildman–Crippen LogP) is -0.626. The van der Waals surface area contributed by atoms with Crippen LogP contribution in [-0.4, -0.2) is 31.0 Å². The summed E-state index contributed by atoms with van der Waals surface area (Å²) in [5, 5.41) is 8.58. The largest absolute Gasteiger partial charge is 0.396 e. The first-order valence-electron chi connectivity index (χ1n) is 2.78. The van der Waals surface area contributed by atoms with Gasteiger partial charge in [-0.2, -0.15) is 0 Å². The number of halogens is 1. The molecule has 1 heterocycles. The normalized spacial score (nSPS) is 34.0. The van der Waals surface area contributed by atoms with Gasteiger partial charge in [0, 0.05) is 18.6 Å². The second-order valence-corrected chi connectivity index (χ2v) is 2.14. The molecule has 3 nitrogen and oxygen atoms in total. The van der Waals surface area contributed by atoms with Crippen LogP contribution in [0.3, 0.4) is 0 Å². The molecule has 9 heavy (non-hydrogen) atoms. The molecule has 1 rings (SSSR count). The number of hydrogen-bond donors (Lipinski definition) is 2. The second kappa shape index (κ2) is 4.06. The van der Waals surface area contributed by atoms with E-state index in [1.807, 2.05) is 0 Å². The van der Waals surface area contributed by atoms with E-state index >= 15 is 0 Å². The van der Waals surface area contributed by atoms with Crippen molar-refractivity contribution in [3.63, 3.8) is 0 Å². The Labute approximate surface area is 60.6 Å². The lowest BCUT2D eigenvalue weighted by Crippen LogP contribution is -2.30. The molecule has 0 aromatic rings. The Morgan fingerprint density at radius 2 is 2.22 bits per heavy atom. The lowest BCUT2D eigenvalue weighted by Gasteiger charge is -2.06. The van der Waals surface area contributed by atoms with Gasteiger partial charge in [0.05, 0.1) is 13.2 Å². The minimum atomic E-state index is 0. The van der Waals surface area contributed by atoms with Crippen LogP contribution in [0.5, 0.6) is 0 Å². The Bertz CT molecular complexity index is 81.4. The van der Waals surface area contributed by atoms with Gasteiger partial charge in [-0.05, 0) is 0 Å². The van der Waals surface area contributed by atoms with E-state index in [-0.39, 0.29) is 31.0 Å². The van der Waals surface area contributed by atoms with Crippen LogP contribution in [-0.2, 0) is 4.74 Å². The van der Waals surface area contributed by atoms with Crippen molar-refractivity contribution >= 4 is 12.4 Å². The lowest BCUT2D eigenvalue weighted by molar-refractivity contribution is 0.161. The van der Waals surface area contributed by atoms with E-state index < -0.39 is 0 Å². The third kappa shape index (κ3) is 2.10. The van der Waals surface area contributed by atoms with E-state index in [9.17, 15) is 0 Å². The van der Waals surface area contributed by atoms with Gasteiger partial charge in [-0.25, -0.2) is 0 Å². The van der Waals surface area contributed by atoms with Crippen LogP contribution >= 0.6 is 12.4 Å². The summed E-state index contributed by atoms with van der Waals surface area (Å²) in [5.74, 6) is 0.176. The van der Waals surface area contributed by atoms with Crippen molar-refractivity contribution in [1.82, 2.24) is 0 Å². The fourth-order valence-electron chi connectivity index (χ4n) is 0.803. The zero-order valence-corrected chi connectivity index (χ0v) is 5.93. The summed E-state index contributed by atoms with van der Waals surface area (Å²) in [7, 11) is 0. The molecule has 1 aliphatic rings. The molecule has 0 spiro atoms. The molecule has 3 N–H and O–H groups in total. The highest BCUT2D eigenvalue weighted by Gasteiger charge is 2.23. The zero-order chi connectivity index (χ0) is 5.98. The fraction of sp³-hybridized carbons (Fsp3) is 1.00.